The molecule has 2 aromatic carbocycles. The van der Waals surface area contributed by atoms with Crippen LogP contribution in [0.2, 0.25) is 0 Å². The minimum Gasteiger partial charge on any atom is -0.284 e. The quantitative estimate of drug-likeness (QED) is 0.796. The van der Waals surface area contributed by atoms with Gasteiger partial charge in [0.1, 0.15) is 5.88 Å². The predicted molar refractivity (Wildman–Crippen MR) is 103 cm³/mol. The lowest BCUT2D eigenvalue weighted by Gasteiger charge is -2.21. The molecule has 0 saturated heterocycles. The van der Waals surface area contributed by atoms with Crippen molar-refractivity contribution in [1.29, 1.82) is 0 Å². The van der Waals surface area contributed by atoms with Crippen molar-refractivity contribution in [3.05, 3.63) is 65.7 Å². The van der Waals surface area contributed by atoms with E-state index in [1.54, 1.807) is 18.2 Å². The zero-order chi connectivity index (χ0) is 18.7. The van der Waals surface area contributed by atoms with Gasteiger partial charge in [0.25, 0.3) is 5.91 Å². The summed E-state index contributed by atoms with van der Waals surface area (Å²) in [6.45, 7) is 0. The average molecular weight is 392 g/mol. The van der Waals surface area contributed by atoms with E-state index >= 15 is 0 Å². The van der Waals surface area contributed by atoms with Crippen molar-refractivity contribution in [3.8, 4) is 0 Å². The first-order chi connectivity index (χ1) is 12.4. The molecule has 2 aromatic rings. The first-order valence-corrected chi connectivity index (χ1v) is 10.4. The highest BCUT2D eigenvalue weighted by atomic mass is 35.5. The number of carbonyl (C=O) groups excluding carboxylic acids is 1. The van der Waals surface area contributed by atoms with E-state index in [-0.39, 0.29) is 17.8 Å². The maximum Gasteiger partial charge on any atom is 0.258 e. The summed E-state index contributed by atoms with van der Waals surface area (Å²) < 4.78 is 25.3. The fraction of sp³-hybridized carbons (Fsp3) is 0.222. The van der Waals surface area contributed by atoms with Crippen LogP contribution in [0.4, 0.5) is 5.69 Å². The molecule has 8 heteroatoms. The third kappa shape index (κ3) is 4.23. The molecular formula is C18H18ClN3O3S. The lowest BCUT2D eigenvalue weighted by Crippen LogP contribution is -2.27. The van der Waals surface area contributed by atoms with Gasteiger partial charge in [0.2, 0.25) is 10.0 Å². The number of rotatable bonds is 5. The van der Waals surface area contributed by atoms with Crippen LogP contribution in [-0.4, -0.2) is 37.2 Å². The Balaban J connectivity index is 1.93. The fourth-order valence-corrected chi connectivity index (χ4v) is 3.56. The molecule has 6 nitrogen and oxygen atoms in total. The standard InChI is InChI=1S/C18H18ClN3O3S/c1-26(24,25)21-15-9-5-8-14(10-15)16-11-17(13-6-3-2-4-7-13)22(20-16)18(23)12-19/h2-10,17,21H,11-12H2,1H3. The Kier molecular flexibility index (Phi) is 5.29. The number of carbonyl (C=O) groups is 1. The maximum atomic E-state index is 12.2. The number of halogens is 1. The third-order valence-electron chi connectivity index (χ3n) is 3.96. The second kappa shape index (κ2) is 7.47. The Morgan fingerprint density at radius 1 is 1.23 bits per heavy atom. The molecule has 1 unspecified atom stereocenters. The van der Waals surface area contributed by atoms with Gasteiger partial charge in [-0.15, -0.1) is 11.6 Å². The van der Waals surface area contributed by atoms with Gasteiger partial charge in [-0.3, -0.25) is 9.52 Å². The molecule has 1 amide bonds. The van der Waals surface area contributed by atoms with Gasteiger partial charge in [-0.2, -0.15) is 5.10 Å². The van der Waals surface area contributed by atoms with Crippen LogP contribution >= 0.6 is 11.6 Å². The number of sulfonamides is 1. The Hall–Kier alpha value is -2.38. The number of hydrogen-bond donors (Lipinski definition) is 1. The van der Waals surface area contributed by atoms with E-state index in [9.17, 15) is 13.2 Å². The molecular weight excluding hydrogens is 374 g/mol. The normalized spacial score (nSPS) is 17.1. The molecule has 0 aromatic heterocycles. The Morgan fingerprint density at radius 2 is 1.96 bits per heavy atom. The molecule has 136 valence electrons. The van der Waals surface area contributed by atoms with E-state index in [1.807, 2.05) is 36.4 Å². The van der Waals surface area contributed by atoms with Crippen LogP contribution in [0.1, 0.15) is 23.6 Å². The lowest BCUT2D eigenvalue weighted by molar-refractivity contribution is -0.130. The third-order valence-corrected chi connectivity index (χ3v) is 4.80. The predicted octanol–water partition coefficient (Wildman–Crippen LogP) is 2.97. The van der Waals surface area contributed by atoms with E-state index in [0.717, 1.165) is 17.4 Å². The largest absolute Gasteiger partial charge is 0.284 e. The van der Waals surface area contributed by atoms with Crippen LogP contribution in [0.3, 0.4) is 0 Å². The van der Waals surface area contributed by atoms with Gasteiger partial charge in [0.05, 0.1) is 18.0 Å². The van der Waals surface area contributed by atoms with Crippen LogP contribution < -0.4 is 4.72 Å². The topological polar surface area (TPSA) is 78.8 Å². The average Bonchev–Trinajstić information content (AvgIpc) is 3.06. The first kappa shape index (κ1) is 18.4. The summed E-state index contributed by atoms with van der Waals surface area (Å²) >= 11 is 5.74. The number of amides is 1. The van der Waals surface area contributed by atoms with E-state index in [4.69, 9.17) is 11.6 Å². The minimum absolute atomic E-state index is 0.157. The zero-order valence-corrected chi connectivity index (χ0v) is 15.7. The van der Waals surface area contributed by atoms with Gasteiger partial charge >= 0.3 is 0 Å². The van der Waals surface area contributed by atoms with Crippen molar-refractivity contribution in [2.24, 2.45) is 5.10 Å². The van der Waals surface area contributed by atoms with Crippen LogP contribution in [0.5, 0.6) is 0 Å². The summed E-state index contributed by atoms with van der Waals surface area (Å²) in [5.74, 6) is -0.434. The Labute approximate surface area is 157 Å². The number of alkyl halides is 1. The SMILES string of the molecule is CS(=O)(=O)Nc1cccc(C2=NN(C(=O)CCl)C(c3ccccc3)C2)c1. The minimum atomic E-state index is -3.37. The number of anilines is 1. The van der Waals surface area contributed by atoms with Crippen molar-refractivity contribution >= 4 is 38.9 Å². The summed E-state index contributed by atoms with van der Waals surface area (Å²) in [6, 6.07) is 16.3. The van der Waals surface area contributed by atoms with Gasteiger partial charge in [-0.05, 0) is 23.3 Å². The Morgan fingerprint density at radius 3 is 2.62 bits per heavy atom. The van der Waals surface area contributed by atoms with E-state index < -0.39 is 10.0 Å². The van der Waals surface area contributed by atoms with Gasteiger partial charge < -0.3 is 0 Å². The van der Waals surface area contributed by atoms with E-state index in [0.29, 0.717) is 17.8 Å². The zero-order valence-electron chi connectivity index (χ0n) is 14.1. The summed E-state index contributed by atoms with van der Waals surface area (Å²) in [7, 11) is -3.37. The van der Waals surface area contributed by atoms with Crippen molar-refractivity contribution < 1.29 is 13.2 Å². The summed E-state index contributed by atoms with van der Waals surface area (Å²) in [6.07, 6.45) is 1.62. The number of hydrazone groups is 1. The molecule has 1 atom stereocenters. The molecule has 0 radical (unpaired) electrons. The van der Waals surface area contributed by atoms with Crippen molar-refractivity contribution in [2.45, 2.75) is 12.5 Å². The number of hydrogen-bond acceptors (Lipinski definition) is 4. The summed E-state index contributed by atoms with van der Waals surface area (Å²) in [5, 5.41) is 5.87. The van der Waals surface area contributed by atoms with Crippen LogP contribution in [0.15, 0.2) is 59.7 Å². The van der Waals surface area contributed by atoms with Gasteiger partial charge in [0, 0.05) is 12.1 Å². The first-order valence-electron chi connectivity index (χ1n) is 7.96. The van der Waals surface area contributed by atoms with Crippen LogP contribution in [-0.2, 0) is 14.8 Å². The van der Waals surface area contributed by atoms with Crippen LogP contribution in [0.25, 0.3) is 0 Å². The fourth-order valence-electron chi connectivity index (χ4n) is 2.89. The lowest BCUT2D eigenvalue weighted by atomic mass is 9.98. The van der Waals surface area contributed by atoms with Gasteiger partial charge in [-0.25, -0.2) is 13.4 Å². The molecule has 1 heterocycles. The number of nitrogens with one attached hydrogen (secondary N) is 1. The van der Waals surface area contributed by atoms with Crippen molar-refractivity contribution in [3.63, 3.8) is 0 Å². The molecule has 0 bridgehead atoms. The molecule has 1 N–H and O–H groups in total. The molecule has 1 aliphatic heterocycles. The van der Waals surface area contributed by atoms with Crippen LogP contribution in [0, 0.1) is 0 Å². The van der Waals surface area contributed by atoms with Gasteiger partial charge in [-0.1, -0.05) is 42.5 Å². The highest BCUT2D eigenvalue weighted by molar-refractivity contribution is 7.92. The second-order valence-corrected chi connectivity index (χ2v) is 8.02. The number of nitrogens with zero attached hydrogens (tertiary/aromatic N) is 2. The monoisotopic (exact) mass is 391 g/mol. The Bertz CT molecular complexity index is 945. The maximum absolute atomic E-state index is 12.2. The molecule has 0 aliphatic carbocycles. The highest BCUT2D eigenvalue weighted by Crippen LogP contribution is 2.33. The molecule has 0 spiro atoms. The highest BCUT2D eigenvalue weighted by Gasteiger charge is 2.32. The van der Waals surface area contributed by atoms with Crippen molar-refractivity contribution in [2.75, 3.05) is 16.9 Å². The summed E-state index contributed by atoms with van der Waals surface area (Å²) in [5.41, 5.74) is 2.88. The van der Waals surface area contributed by atoms with E-state index in [1.165, 1.54) is 5.01 Å². The second-order valence-electron chi connectivity index (χ2n) is 6.00. The number of benzene rings is 2. The molecule has 1 aliphatic rings. The molecule has 26 heavy (non-hydrogen) atoms. The molecule has 0 fully saturated rings. The molecule has 3 rings (SSSR count). The smallest absolute Gasteiger partial charge is 0.258 e. The summed E-state index contributed by atoms with van der Waals surface area (Å²) in [4.78, 5) is 12.2. The molecule has 0 saturated carbocycles. The van der Waals surface area contributed by atoms with E-state index in [2.05, 4.69) is 9.82 Å². The van der Waals surface area contributed by atoms with Gasteiger partial charge in [0.15, 0.2) is 0 Å². The van der Waals surface area contributed by atoms with Crippen molar-refractivity contribution in [1.82, 2.24) is 5.01 Å².